The maximum absolute atomic E-state index is 11.1. The fourth-order valence-corrected chi connectivity index (χ4v) is 3.52. The van der Waals surface area contributed by atoms with Crippen molar-refractivity contribution in [2.45, 2.75) is 43.7 Å². The van der Waals surface area contributed by atoms with E-state index in [9.17, 15) is 4.79 Å². The SMILES string of the molecule is CN1C2CCC1CC(c1ncc(Cl)c(C(=O)O)n1)C2. The lowest BCUT2D eigenvalue weighted by Crippen LogP contribution is -2.39. The van der Waals surface area contributed by atoms with Crippen LogP contribution in [0.4, 0.5) is 0 Å². The highest BCUT2D eigenvalue weighted by molar-refractivity contribution is 6.33. The van der Waals surface area contributed by atoms with Crippen LogP contribution in [0.1, 0.15) is 47.9 Å². The van der Waals surface area contributed by atoms with Gasteiger partial charge in [-0.3, -0.25) is 0 Å². The van der Waals surface area contributed by atoms with Gasteiger partial charge in [0.15, 0.2) is 5.69 Å². The quantitative estimate of drug-likeness (QED) is 0.900. The summed E-state index contributed by atoms with van der Waals surface area (Å²) in [4.78, 5) is 21.9. The van der Waals surface area contributed by atoms with E-state index in [0.29, 0.717) is 17.9 Å². The molecule has 1 aromatic rings. The van der Waals surface area contributed by atoms with Crippen molar-refractivity contribution in [1.82, 2.24) is 14.9 Å². The van der Waals surface area contributed by atoms with Crippen LogP contribution in [-0.2, 0) is 0 Å². The van der Waals surface area contributed by atoms with Gasteiger partial charge < -0.3 is 10.0 Å². The van der Waals surface area contributed by atoms with Crippen LogP contribution in [0.25, 0.3) is 0 Å². The van der Waals surface area contributed by atoms with E-state index in [1.807, 2.05) is 0 Å². The van der Waals surface area contributed by atoms with Gasteiger partial charge in [0, 0.05) is 18.0 Å². The summed E-state index contributed by atoms with van der Waals surface area (Å²) in [5, 5.41) is 9.17. The lowest BCUT2D eigenvalue weighted by atomic mass is 9.90. The lowest BCUT2D eigenvalue weighted by molar-refractivity contribution is 0.0689. The first-order valence-corrected chi connectivity index (χ1v) is 6.91. The third-order valence-corrected chi connectivity index (χ3v) is 4.71. The van der Waals surface area contributed by atoms with E-state index < -0.39 is 5.97 Å². The van der Waals surface area contributed by atoms with Gasteiger partial charge in [0.25, 0.3) is 0 Å². The van der Waals surface area contributed by atoms with E-state index in [1.165, 1.54) is 19.0 Å². The summed E-state index contributed by atoms with van der Waals surface area (Å²) in [7, 11) is 2.17. The van der Waals surface area contributed by atoms with Crippen LogP contribution in [-0.4, -0.2) is 45.1 Å². The zero-order valence-corrected chi connectivity index (χ0v) is 11.5. The van der Waals surface area contributed by atoms with Crippen LogP contribution in [0, 0.1) is 0 Å². The number of halogens is 1. The normalized spacial score (nSPS) is 30.5. The smallest absolute Gasteiger partial charge is 0.356 e. The highest BCUT2D eigenvalue weighted by Gasteiger charge is 2.40. The van der Waals surface area contributed by atoms with Crippen molar-refractivity contribution in [2.75, 3.05) is 7.05 Å². The molecule has 2 fully saturated rings. The molecule has 2 unspecified atom stereocenters. The molecular weight excluding hydrogens is 266 g/mol. The van der Waals surface area contributed by atoms with Gasteiger partial charge in [-0.05, 0) is 32.7 Å². The number of hydrogen-bond acceptors (Lipinski definition) is 4. The fraction of sp³-hybridized carbons (Fsp3) is 0.615. The molecule has 0 radical (unpaired) electrons. The predicted octanol–water partition coefficient (Wildman–Crippen LogP) is 2.17. The molecule has 5 nitrogen and oxygen atoms in total. The molecule has 2 bridgehead atoms. The molecule has 1 aromatic heterocycles. The molecule has 2 atom stereocenters. The molecule has 0 aromatic carbocycles. The molecular formula is C13H16ClN3O2. The second kappa shape index (κ2) is 4.72. The van der Waals surface area contributed by atoms with Crippen molar-refractivity contribution in [2.24, 2.45) is 0 Å². The number of aromatic carboxylic acids is 1. The molecule has 2 aliphatic heterocycles. The van der Waals surface area contributed by atoms with Gasteiger partial charge in [-0.15, -0.1) is 0 Å². The van der Waals surface area contributed by atoms with Gasteiger partial charge in [-0.25, -0.2) is 14.8 Å². The van der Waals surface area contributed by atoms with E-state index >= 15 is 0 Å². The zero-order valence-electron chi connectivity index (χ0n) is 10.7. The number of aromatic nitrogens is 2. The van der Waals surface area contributed by atoms with E-state index in [-0.39, 0.29) is 16.6 Å². The second-order valence-electron chi connectivity index (χ2n) is 5.45. The third kappa shape index (κ3) is 2.21. The number of piperidine rings is 1. The second-order valence-corrected chi connectivity index (χ2v) is 5.86. The molecule has 3 rings (SSSR count). The van der Waals surface area contributed by atoms with Crippen molar-refractivity contribution < 1.29 is 9.90 Å². The Kier molecular flexibility index (Phi) is 3.19. The van der Waals surface area contributed by atoms with Crippen LogP contribution in [0.15, 0.2) is 6.20 Å². The molecule has 102 valence electrons. The highest BCUT2D eigenvalue weighted by atomic mass is 35.5. The Balaban J connectivity index is 1.87. The topological polar surface area (TPSA) is 66.3 Å². The standard InChI is InChI=1S/C13H16ClN3O2/c1-17-8-2-3-9(17)5-7(4-8)12-15-6-10(14)11(16-12)13(18)19/h6-9H,2-5H2,1H3,(H,18,19). The first kappa shape index (κ1) is 12.8. The Hall–Kier alpha value is -1.20. The van der Waals surface area contributed by atoms with Gasteiger partial charge in [0.2, 0.25) is 0 Å². The summed E-state index contributed by atoms with van der Waals surface area (Å²) in [6.07, 6.45) is 5.86. The minimum atomic E-state index is -1.09. The molecule has 1 N–H and O–H groups in total. The Bertz CT molecular complexity index is 509. The minimum absolute atomic E-state index is 0.0852. The van der Waals surface area contributed by atoms with E-state index in [0.717, 1.165) is 12.8 Å². The molecule has 2 saturated heterocycles. The van der Waals surface area contributed by atoms with Crippen molar-refractivity contribution in [3.8, 4) is 0 Å². The van der Waals surface area contributed by atoms with Crippen LogP contribution >= 0.6 is 11.6 Å². The van der Waals surface area contributed by atoms with E-state index in [1.54, 1.807) is 0 Å². The summed E-state index contributed by atoms with van der Waals surface area (Å²) in [5.74, 6) is -0.208. The lowest BCUT2D eigenvalue weighted by Gasteiger charge is -2.35. The van der Waals surface area contributed by atoms with Crippen LogP contribution < -0.4 is 0 Å². The van der Waals surface area contributed by atoms with Crippen LogP contribution in [0.3, 0.4) is 0 Å². The average molecular weight is 282 g/mol. The number of hydrogen-bond donors (Lipinski definition) is 1. The minimum Gasteiger partial charge on any atom is -0.476 e. The van der Waals surface area contributed by atoms with Crippen molar-refractivity contribution >= 4 is 17.6 Å². The number of carbonyl (C=O) groups is 1. The monoisotopic (exact) mass is 281 g/mol. The molecule has 3 heterocycles. The van der Waals surface area contributed by atoms with Gasteiger partial charge in [0.1, 0.15) is 5.82 Å². The zero-order chi connectivity index (χ0) is 13.6. The average Bonchev–Trinajstić information content (AvgIpc) is 2.62. The maximum atomic E-state index is 11.1. The number of fused-ring (bicyclic) bond motifs is 2. The van der Waals surface area contributed by atoms with Crippen LogP contribution in [0.5, 0.6) is 0 Å². The first-order chi connectivity index (χ1) is 9.06. The summed E-state index contributed by atoms with van der Waals surface area (Å²) < 4.78 is 0. The first-order valence-electron chi connectivity index (χ1n) is 6.54. The van der Waals surface area contributed by atoms with Crippen molar-refractivity contribution in [3.63, 3.8) is 0 Å². The number of rotatable bonds is 2. The molecule has 0 saturated carbocycles. The van der Waals surface area contributed by atoms with Crippen molar-refractivity contribution in [3.05, 3.63) is 22.7 Å². The third-order valence-electron chi connectivity index (χ3n) is 4.43. The van der Waals surface area contributed by atoms with Gasteiger partial charge in [0.05, 0.1) is 11.2 Å². The molecule has 0 aliphatic carbocycles. The fourth-order valence-electron chi connectivity index (χ4n) is 3.35. The summed E-state index contributed by atoms with van der Waals surface area (Å²) in [5.41, 5.74) is -0.0852. The van der Waals surface area contributed by atoms with Crippen LogP contribution in [0.2, 0.25) is 5.02 Å². The Morgan fingerprint density at radius 1 is 1.42 bits per heavy atom. The van der Waals surface area contributed by atoms with Gasteiger partial charge >= 0.3 is 5.97 Å². The molecule has 0 spiro atoms. The predicted molar refractivity (Wildman–Crippen MR) is 70.5 cm³/mol. The Morgan fingerprint density at radius 3 is 2.63 bits per heavy atom. The highest BCUT2D eigenvalue weighted by Crippen LogP contribution is 2.41. The molecule has 2 aliphatic rings. The molecule has 19 heavy (non-hydrogen) atoms. The van der Waals surface area contributed by atoms with E-state index in [2.05, 4.69) is 21.9 Å². The Morgan fingerprint density at radius 2 is 2.05 bits per heavy atom. The summed E-state index contributed by atoms with van der Waals surface area (Å²) in [6.45, 7) is 0. The molecule has 6 heteroatoms. The number of carboxylic acid groups (broad SMARTS) is 1. The van der Waals surface area contributed by atoms with E-state index in [4.69, 9.17) is 16.7 Å². The number of carboxylic acids is 1. The summed E-state index contributed by atoms with van der Waals surface area (Å²) in [6, 6.07) is 1.16. The number of nitrogens with zero attached hydrogens (tertiary/aromatic N) is 3. The summed E-state index contributed by atoms with van der Waals surface area (Å²) >= 11 is 5.81. The maximum Gasteiger partial charge on any atom is 0.356 e. The molecule has 0 amide bonds. The van der Waals surface area contributed by atoms with Gasteiger partial charge in [-0.2, -0.15) is 0 Å². The Labute approximate surface area is 116 Å². The van der Waals surface area contributed by atoms with Gasteiger partial charge in [-0.1, -0.05) is 11.6 Å². The van der Waals surface area contributed by atoms with Crippen molar-refractivity contribution in [1.29, 1.82) is 0 Å². The largest absolute Gasteiger partial charge is 0.476 e.